The molecule has 3 aliphatic rings. The van der Waals surface area contributed by atoms with E-state index in [-0.39, 0.29) is 42.2 Å². The van der Waals surface area contributed by atoms with Crippen LogP contribution in [-0.4, -0.2) is 93.6 Å². The molecule has 8 nitrogen and oxygen atoms in total. The molecule has 7 atom stereocenters. The number of nitrogens with zero attached hydrogens (tertiary/aromatic N) is 3. The lowest BCUT2D eigenvalue weighted by atomic mass is 9.62. The molecule has 8 heteroatoms. The van der Waals surface area contributed by atoms with Gasteiger partial charge in [-0.05, 0) is 39.0 Å². The van der Waals surface area contributed by atoms with Crippen LogP contribution >= 0.6 is 0 Å². The van der Waals surface area contributed by atoms with E-state index >= 15 is 0 Å². The van der Waals surface area contributed by atoms with Crippen molar-refractivity contribution in [1.29, 1.82) is 0 Å². The Morgan fingerprint density at radius 3 is 2.29 bits per heavy atom. The summed E-state index contributed by atoms with van der Waals surface area (Å²) in [7, 11) is 1.70. The van der Waals surface area contributed by atoms with Gasteiger partial charge in [-0.1, -0.05) is 32.9 Å². The Hall–Kier alpha value is -2.19. The standard InChI is InChI=1S/C27H43N3O5/c1-10-12-28(9)23(32)20-21-24(33)30(19(15-31)16(3)4)22(25(34)29(13-11-2)17(5)6)27(21)14-18(7)26(20,8)35-27/h10-11,16-22,31H,1-2,12-15H2,3-9H3/t18?,19-,20-,21-,22?,26+,27?/m0/s1. The molecule has 0 aromatic rings. The van der Waals surface area contributed by atoms with Crippen molar-refractivity contribution in [1.82, 2.24) is 14.7 Å². The first-order chi connectivity index (χ1) is 16.3. The average molecular weight is 490 g/mol. The molecule has 196 valence electrons. The van der Waals surface area contributed by atoms with Gasteiger partial charge in [-0.15, -0.1) is 13.2 Å². The molecule has 0 aromatic heterocycles. The fraction of sp³-hybridized carbons (Fsp3) is 0.741. The van der Waals surface area contributed by atoms with Gasteiger partial charge < -0.3 is 24.5 Å². The first-order valence-electron chi connectivity index (χ1n) is 12.7. The fourth-order valence-electron chi connectivity index (χ4n) is 6.68. The van der Waals surface area contributed by atoms with E-state index in [1.165, 1.54) is 0 Å². The molecule has 2 bridgehead atoms. The highest BCUT2D eigenvalue weighted by Crippen LogP contribution is 2.66. The molecular formula is C27H43N3O5. The summed E-state index contributed by atoms with van der Waals surface area (Å²) < 4.78 is 6.77. The van der Waals surface area contributed by atoms with E-state index in [1.54, 1.807) is 33.9 Å². The molecule has 3 rings (SSSR count). The van der Waals surface area contributed by atoms with E-state index in [0.717, 1.165) is 0 Å². The van der Waals surface area contributed by atoms with E-state index in [0.29, 0.717) is 19.5 Å². The van der Waals surface area contributed by atoms with Crippen molar-refractivity contribution in [2.75, 3.05) is 26.7 Å². The van der Waals surface area contributed by atoms with Crippen molar-refractivity contribution in [2.45, 2.75) is 77.3 Å². The van der Waals surface area contributed by atoms with Crippen LogP contribution in [0.5, 0.6) is 0 Å². The second kappa shape index (κ2) is 9.69. The number of hydrogen-bond acceptors (Lipinski definition) is 5. The number of likely N-dealkylation sites (tertiary alicyclic amines) is 1. The number of amides is 3. The minimum atomic E-state index is -1.13. The maximum Gasteiger partial charge on any atom is 0.248 e. The number of carbonyl (C=O) groups is 3. The lowest BCUT2D eigenvalue weighted by Gasteiger charge is -2.41. The molecule has 0 aliphatic carbocycles. The topological polar surface area (TPSA) is 90.4 Å². The molecule has 3 saturated heterocycles. The van der Waals surface area contributed by atoms with Crippen molar-refractivity contribution < 1.29 is 24.2 Å². The molecule has 0 saturated carbocycles. The van der Waals surface area contributed by atoms with Crippen molar-refractivity contribution in [3.63, 3.8) is 0 Å². The summed E-state index contributed by atoms with van der Waals surface area (Å²) in [5, 5.41) is 10.3. The van der Waals surface area contributed by atoms with Gasteiger partial charge >= 0.3 is 0 Å². The Kier molecular flexibility index (Phi) is 7.59. The van der Waals surface area contributed by atoms with Gasteiger partial charge in [0, 0.05) is 26.2 Å². The van der Waals surface area contributed by atoms with E-state index < -0.39 is 35.1 Å². The third kappa shape index (κ3) is 3.93. The Morgan fingerprint density at radius 1 is 1.20 bits per heavy atom. The summed E-state index contributed by atoms with van der Waals surface area (Å²) in [5.41, 5.74) is -2.00. The lowest BCUT2D eigenvalue weighted by Crippen LogP contribution is -2.60. The molecule has 0 aromatic carbocycles. The van der Waals surface area contributed by atoms with Gasteiger partial charge in [0.25, 0.3) is 0 Å². The SMILES string of the molecule is C=CCN(C)C(=O)[C@@H]1[C@H]2C(=O)N([C@@H](CO)C(C)C)C(C(=O)N(CC=C)C(C)C)C23CC(C)[C@@]1(C)O3. The van der Waals surface area contributed by atoms with Gasteiger partial charge in [-0.3, -0.25) is 14.4 Å². The molecule has 1 N–H and O–H groups in total. The Bertz CT molecular complexity index is 888. The van der Waals surface area contributed by atoms with Crippen LogP contribution in [0, 0.1) is 23.7 Å². The monoisotopic (exact) mass is 489 g/mol. The van der Waals surface area contributed by atoms with Gasteiger partial charge in [-0.25, -0.2) is 0 Å². The first-order valence-corrected chi connectivity index (χ1v) is 12.7. The van der Waals surface area contributed by atoms with Crippen molar-refractivity contribution in [3.05, 3.63) is 25.3 Å². The summed E-state index contributed by atoms with van der Waals surface area (Å²) in [4.78, 5) is 47.0. The maximum atomic E-state index is 14.2. The largest absolute Gasteiger partial charge is 0.394 e. The predicted octanol–water partition coefficient (Wildman–Crippen LogP) is 2.08. The Balaban J connectivity index is 2.21. The quantitative estimate of drug-likeness (QED) is 0.475. The molecule has 3 fully saturated rings. The summed E-state index contributed by atoms with van der Waals surface area (Å²) in [6.45, 7) is 19.6. The van der Waals surface area contributed by atoms with E-state index in [4.69, 9.17) is 4.74 Å². The van der Waals surface area contributed by atoms with Crippen molar-refractivity contribution in [3.8, 4) is 0 Å². The van der Waals surface area contributed by atoms with Crippen molar-refractivity contribution >= 4 is 17.7 Å². The van der Waals surface area contributed by atoms with E-state index in [1.807, 2.05) is 41.5 Å². The van der Waals surface area contributed by atoms with Crippen LogP contribution < -0.4 is 0 Å². The summed E-state index contributed by atoms with van der Waals surface area (Å²) in [5.74, 6) is -2.32. The molecule has 35 heavy (non-hydrogen) atoms. The molecule has 1 spiro atoms. The summed E-state index contributed by atoms with van der Waals surface area (Å²) >= 11 is 0. The number of ether oxygens (including phenoxy) is 1. The number of rotatable bonds is 10. The molecule has 3 unspecified atom stereocenters. The van der Waals surface area contributed by atoms with Crippen LogP contribution in [0.25, 0.3) is 0 Å². The fourth-order valence-corrected chi connectivity index (χ4v) is 6.68. The van der Waals surface area contributed by atoms with Crippen molar-refractivity contribution in [2.24, 2.45) is 23.7 Å². The van der Waals surface area contributed by atoms with Crippen LogP contribution in [0.15, 0.2) is 25.3 Å². The van der Waals surface area contributed by atoms with Gasteiger partial charge in [0.1, 0.15) is 11.6 Å². The highest BCUT2D eigenvalue weighted by Gasteiger charge is 2.80. The zero-order valence-corrected chi connectivity index (χ0v) is 22.4. The van der Waals surface area contributed by atoms with Gasteiger partial charge in [0.15, 0.2) is 0 Å². The minimum Gasteiger partial charge on any atom is -0.394 e. The third-order valence-electron chi connectivity index (χ3n) is 8.58. The van der Waals surface area contributed by atoms with Crippen LogP contribution in [0.1, 0.15) is 48.0 Å². The number of likely N-dealkylation sites (N-methyl/N-ethyl adjacent to an activating group) is 1. The van der Waals surface area contributed by atoms with Crippen LogP contribution in [0.3, 0.4) is 0 Å². The molecule has 3 aliphatic heterocycles. The smallest absolute Gasteiger partial charge is 0.248 e. The molecule has 0 radical (unpaired) electrons. The van der Waals surface area contributed by atoms with Crippen LogP contribution in [0.4, 0.5) is 0 Å². The first kappa shape index (κ1) is 27.4. The van der Waals surface area contributed by atoms with E-state index in [2.05, 4.69) is 13.2 Å². The second-order valence-corrected chi connectivity index (χ2v) is 11.3. The number of aliphatic hydroxyl groups excluding tert-OH is 1. The molecule has 3 amide bonds. The Morgan fingerprint density at radius 2 is 1.80 bits per heavy atom. The predicted molar refractivity (Wildman–Crippen MR) is 134 cm³/mol. The molecular weight excluding hydrogens is 446 g/mol. The van der Waals surface area contributed by atoms with Gasteiger partial charge in [-0.2, -0.15) is 0 Å². The Labute approximate surface area is 210 Å². The van der Waals surface area contributed by atoms with Crippen LogP contribution in [0.2, 0.25) is 0 Å². The normalized spacial score (nSPS) is 34.3. The summed E-state index contributed by atoms with van der Waals surface area (Å²) in [6, 6.07) is -1.61. The average Bonchev–Trinajstić information content (AvgIpc) is 3.28. The zero-order chi connectivity index (χ0) is 26.5. The zero-order valence-electron chi connectivity index (χ0n) is 22.4. The maximum absolute atomic E-state index is 14.2. The van der Waals surface area contributed by atoms with Crippen LogP contribution in [-0.2, 0) is 19.1 Å². The number of hydrogen-bond donors (Lipinski definition) is 1. The number of aliphatic hydroxyl groups is 1. The van der Waals surface area contributed by atoms with Gasteiger partial charge in [0.05, 0.1) is 30.1 Å². The number of carbonyl (C=O) groups excluding carboxylic acids is 3. The number of fused-ring (bicyclic) bond motifs is 1. The van der Waals surface area contributed by atoms with Gasteiger partial charge in [0.2, 0.25) is 17.7 Å². The third-order valence-corrected chi connectivity index (χ3v) is 8.58. The summed E-state index contributed by atoms with van der Waals surface area (Å²) in [6.07, 6.45) is 3.82. The van der Waals surface area contributed by atoms with E-state index in [9.17, 15) is 19.5 Å². The minimum absolute atomic E-state index is 0.0357. The second-order valence-electron chi connectivity index (χ2n) is 11.3. The highest BCUT2D eigenvalue weighted by atomic mass is 16.5. The highest BCUT2D eigenvalue weighted by molar-refractivity contribution is 5.99. The lowest BCUT2D eigenvalue weighted by molar-refractivity contribution is -0.159. The molecule has 3 heterocycles.